The number of nitrogen functional groups attached to an aromatic ring is 1. The summed E-state index contributed by atoms with van der Waals surface area (Å²) < 4.78 is 82.3. The second-order valence-corrected chi connectivity index (χ2v) is 12.0. The zero-order valence-corrected chi connectivity index (χ0v) is 23.3. The molecule has 0 bridgehead atoms. The van der Waals surface area contributed by atoms with E-state index in [-0.39, 0.29) is 17.3 Å². The molecule has 3 heterocycles. The number of aliphatic hydroxyl groups excluding tert-OH is 1. The Bertz CT molecular complexity index is 1580. The van der Waals surface area contributed by atoms with Gasteiger partial charge in [0.05, 0.1) is 41.4 Å². The molecule has 0 unspecified atom stereocenters. The van der Waals surface area contributed by atoms with Crippen LogP contribution in [0.5, 0.6) is 5.75 Å². The van der Waals surface area contributed by atoms with Gasteiger partial charge in [0.2, 0.25) is 0 Å². The van der Waals surface area contributed by atoms with Gasteiger partial charge in [-0.3, -0.25) is 9.80 Å². The zero-order valence-electron chi connectivity index (χ0n) is 22.5. The molecule has 0 atom stereocenters. The van der Waals surface area contributed by atoms with Crippen LogP contribution >= 0.6 is 0 Å². The van der Waals surface area contributed by atoms with Crippen molar-refractivity contribution in [3.05, 3.63) is 65.1 Å². The van der Waals surface area contributed by atoms with Crippen LogP contribution in [0.15, 0.2) is 42.5 Å². The fraction of sp³-hybridized carbons (Fsp3) is 0.393. The molecule has 2 aromatic carbocycles. The predicted octanol–water partition coefficient (Wildman–Crippen LogP) is 4.42. The third-order valence-electron chi connectivity index (χ3n) is 7.43. The molecular weight excluding hydrogens is 580 g/mol. The van der Waals surface area contributed by atoms with Gasteiger partial charge in [-0.05, 0) is 60.9 Å². The Kier molecular flexibility index (Phi) is 8.23. The number of benzene rings is 2. The van der Waals surface area contributed by atoms with E-state index in [9.17, 15) is 35.9 Å². The first-order valence-corrected chi connectivity index (χ1v) is 15.0. The summed E-state index contributed by atoms with van der Waals surface area (Å²) in [5.41, 5.74) is 8.74. The molecule has 42 heavy (non-hydrogen) atoms. The molecule has 5 rings (SSSR count). The molecule has 1 fully saturated rings. The first-order valence-electron chi connectivity index (χ1n) is 13.5. The molecule has 0 aliphatic carbocycles. The van der Waals surface area contributed by atoms with E-state index in [0.717, 1.165) is 38.4 Å². The summed E-state index contributed by atoms with van der Waals surface area (Å²) >= 11 is 0. The van der Waals surface area contributed by atoms with E-state index in [0.29, 0.717) is 46.7 Å². The van der Waals surface area contributed by atoms with Gasteiger partial charge in [0.25, 0.3) is 5.91 Å². The van der Waals surface area contributed by atoms with Crippen molar-refractivity contribution in [3.63, 3.8) is 0 Å². The summed E-state index contributed by atoms with van der Waals surface area (Å²) in [5, 5.41) is 14.3. The molecule has 226 valence electrons. The van der Waals surface area contributed by atoms with Gasteiger partial charge in [-0.15, -0.1) is 0 Å². The molecule has 1 amide bonds. The highest BCUT2D eigenvalue weighted by Gasteiger charge is 2.37. The average Bonchev–Trinajstić information content (AvgIpc) is 3.27. The molecule has 1 saturated heterocycles. The highest BCUT2D eigenvalue weighted by molar-refractivity contribution is 7.87. The van der Waals surface area contributed by atoms with Crippen molar-refractivity contribution in [1.82, 2.24) is 14.6 Å². The predicted molar refractivity (Wildman–Crippen MR) is 147 cm³/mol. The van der Waals surface area contributed by atoms with Crippen molar-refractivity contribution in [2.75, 3.05) is 31.1 Å². The fourth-order valence-electron chi connectivity index (χ4n) is 5.54. The molecule has 2 aliphatic rings. The number of nitrogens with two attached hydrogens (primary N) is 1. The lowest BCUT2D eigenvalue weighted by Crippen LogP contribution is -2.51. The van der Waals surface area contributed by atoms with Gasteiger partial charge in [0.1, 0.15) is 11.6 Å². The van der Waals surface area contributed by atoms with Gasteiger partial charge in [-0.2, -0.15) is 21.6 Å². The number of hydrogen-bond donors (Lipinski definition) is 2. The smallest absolute Gasteiger partial charge is 0.390 e. The highest BCUT2D eigenvalue weighted by Crippen LogP contribution is 2.40. The van der Waals surface area contributed by atoms with Gasteiger partial charge in [0.15, 0.2) is 0 Å². The molecular formula is C28H30F4N4O5S. The Balaban J connectivity index is 1.58. The minimum absolute atomic E-state index is 0.0974. The second-order valence-electron chi connectivity index (χ2n) is 10.3. The van der Waals surface area contributed by atoms with E-state index < -0.39 is 40.9 Å². The van der Waals surface area contributed by atoms with E-state index in [1.165, 1.54) is 36.4 Å². The molecule has 3 aromatic rings. The zero-order chi connectivity index (χ0) is 30.2. The minimum atomic E-state index is -4.66. The number of carbonyl (C=O) groups excluding carboxylic acids is 1. The monoisotopic (exact) mass is 610 g/mol. The van der Waals surface area contributed by atoms with Crippen molar-refractivity contribution >= 4 is 21.7 Å². The number of amides is 1. The van der Waals surface area contributed by atoms with Crippen LogP contribution in [0.3, 0.4) is 0 Å². The maximum atomic E-state index is 14.0. The van der Waals surface area contributed by atoms with Gasteiger partial charge in [-0.1, -0.05) is 6.42 Å². The molecule has 1 aromatic heterocycles. The van der Waals surface area contributed by atoms with Gasteiger partial charge in [-0.25, -0.2) is 9.40 Å². The van der Waals surface area contributed by atoms with Crippen molar-refractivity contribution in [1.29, 1.82) is 0 Å². The number of rotatable bonds is 8. The highest BCUT2D eigenvalue weighted by atomic mass is 32.2. The van der Waals surface area contributed by atoms with Crippen LogP contribution in [0.1, 0.15) is 47.3 Å². The standard InChI is InChI=1S/C28H30F4N4O5S/c29-19-6-9-23(22(33)16-19)36-24-10-14-35(34-12-2-1-3-13-34)27(38)25(24)21(17-37)26(36)18-4-7-20(8-5-18)41-42(39,40)15-11-28(30,31)32/h4-9,16,37H,1-3,10-15,17,33H2. The summed E-state index contributed by atoms with van der Waals surface area (Å²) in [6.07, 6.45) is -2.79. The van der Waals surface area contributed by atoms with Crippen molar-refractivity contribution in [3.8, 4) is 22.7 Å². The first kappa shape index (κ1) is 29.9. The molecule has 0 radical (unpaired) electrons. The number of fused-ring (bicyclic) bond motifs is 1. The van der Waals surface area contributed by atoms with Crippen molar-refractivity contribution in [2.45, 2.75) is 44.9 Å². The number of carbonyl (C=O) groups is 1. The van der Waals surface area contributed by atoms with Crippen LogP contribution in [-0.4, -0.2) is 65.6 Å². The summed E-state index contributed by atoms with van der Waals surface area (Å²) in [6.45, 7) is 1.35. The summed E-state index contributed by atoms with van der Waals surface area (Å²) in [4.78, 5) is 13.9. The number of hydrazine groups is 1. The number of alkyl halides is 3. The van der Waals surface area contributed by atoms with Gasteiger partial charge in [0, 0.05) is 37.3 Å². The summed E-state index contributed by atoms with van der Waals surface area (Å²) in [5.74, 6) is -2.27. The lowest BCUT2D eigenvalue weighted by Gasteiger charge is -2.39. The fourth-order valence-corrected chi connectivity index (χ4v) is 6.51. The van der Waals surface area contributed by atoms with E-state index in [4.69, 9.17) is 9.92 Å². The summed E-state index contributed by atoms with van der Waals surface area (Å²) in [7, 11) is -4.52. The number of halogens is 4. The lowest BCUT2D eigenvalue weighted by molar-refractivity contribution is -0.130. The molecule has 0 saturated carbocycles. The van der Waals surface area contributed by atoms with Crippen LogP contribution < -0.4 is 9.92 Å². The van der Waals surface area contributed by atoms with Gasteiger partial charge < -0.3 is 19.6 Å². The number of nitrogens with zero attached hydrogens (tertiary/aromatic N) is 3. The van der Waals surface area contributed by atoms with Gasteiger partial charge >= 0.3 is 16.3 Å². The Morgan fingerprint density at radius 2 is 1.69 bits per heavy atom. The minimum Gasteiger partial charge on any atom is -0.397 e. The summed E-state index contributed by atoms with van der Waals surface area (Å²) in [6, 6.07) is 9.34. The molecule has 2 aliphatic heterocycles. The number of hydrogen-bond acceptors (Lipinski definition) is 7. The maximum absolute atomic E-state index is 14.0. The normalized spacial score (nSPS) is 16.5. The Labute approximate surface area is 240 Å². The van der Waals surface area contributed by atoms with Crippen molar-refractivity contribution in [2.24, 2.45) is 0 Å². The maximum Gasteiger partial charge on any atom is 0.390 e. The van der Waals surface area contributed by atoms with E-state index >= 15 is 0 Å². The molecule has 9 nitrogen and oxygen atoms in total. The number of aliphatic hydroxyl groups is 1. The molecule has 0 spiro atoms. The van der Waals surface area contributed by atoms with Crippen molar-refractivity contribution < 1.29 is 40.1 Å². The average molecular weight is 611 g/mol. The Morgan fingerprint density at radius 3 is 2.31 bits per heavy atom. The lowest BCUT2D eigenvalue weighted by atomic mass is 10.0. The van der Waals surface area contributed by atoms with E-state index in [1.54, 1.807) is 9.58 Å². The number of piperidine rings is 1. The topological polar surface area (TPSA) is 118 Å². The number of anilines is 1. The van der Waals surface area contributed by atoms with E-state index in [2.05, 4.69) is 0 Å². The first-order chi connectivity index (χ1) is 19.9. The SMILES string of the molecule is Nc1cc(F)ccc1-n1c2c(c(CO)c1-c1ccc(OS(=O)(=O)CCC(F)(F)F)cc1)C(=O)N(N1CCCCC1)CC2. The molecule has 14 heteroatoms. The van der Waals surface area contributed by atoms with Crippen LogP contribution in [0, 0.1) is 5.82 Å². The van der Waals surface area contributed by atoms with Crippen LogP contribution in [0.25, 0.3) is 16.9 Å². The van der Waals surface area contributed by atoms with E-state index in [1.807, 2.05) is 5.01 Å². The second kappa shape index (κ2) is 11.6. The van der Waals surface area contributed by atoms with Crippen LogP contribution in [-0.2, 0) is 23.1 Å². The quantitative estimate of drug-likeness (QED) is 0.220. The Morgan fingerprint density at radius 1 is 1.00 bits per heavy atom. The largest absolute Gasteiger partial charge is 0.397 e. The molecule has 3 N–H and O–H groups in total. The third kappa shape index (κ3) is 6.10. The van der Waals surface area contributed by atoms with Crippen LogP contribution in [0.4, 0.5) is 23.2 Å². The van der Waals surface area contributed by atoms with Crippen LogP contribution in [0.2, 0.25) is 0 Å². The Hall–Kier alpha value is -3.62. The number of aromatic nitrogens is 1. The third-order valence-corrected chi connectivity index (χ3v) is 8.58.